The Hall–Kier alpha value is -5.13. The molecule has 4 aromatic rings. The molecular weight excluding hydrogens is 536 g/mol. The molecule has 11 heteroatoms. The molecule has 0 fully saturated rings. The van der Waals surface area contributed by atoms with E-state index in [0.717, 1.165) is 12.1 Å². The molecular formula is C30H22O11. The van der Waals surface area contributed by atoms with Crippen molar-refractivity contribution in [2.45, 2.75) is 30.0 Å². The van der Waals surface area contributed by atoms with Gasteiger partial charge in [0.05, 0.1) is 11.7 Å². The first kappa shape index (κ1) is 24.9. The molecule has 3 heterocycles. The molecule has 4 aromatic carbocycles. The van der Waals surface area contributed by atoms with Gasteiger partial charge in [0.15, 0.2) is 0 Å². The van der Waals surface area contributed by atoms with Crippen LogP contribution in [0, 0.1) is 0 Å². The average molecular weight is 558 g/mol. The van der Waals surface area contributed by atoms with Gasteiger partial charge in [-0.05, 0) is 42.0 Å². The van der Waals surface area contributed by atoms with Gasteiger partial charge in [-0.2, -0.15) is 0 Å². The number of carbonyl (C=O) groups excluding carboxylic acids is 1. The Morgan fingerprint density at radius 3 is 2.10 bits per heavy atom. The molecule has 0 amide bonds. The predicted octanol–water partition coefficient (Wildman–Crippen LogP) is 2.96. The summed E-state index contributed by atoms with van der Waals surface area (Å²) in [6, 6.07) is 14.3. The van der Waals surface area contributed by atoms with E-state index in [0.29, 0.717) is 5.56 Å². The van der Waals surface area contributed by atoms with Gasteiger partial charge in [0.1, 0.15) is 57.7 Å². The van der Waals surface area contributed by atoms with Crippen LogP contribution in [-0.4, -0.2) is 47.6 Å². The number of carbonyl (C=O) groups is 1. The molecule has 41 heavy (non-hydrogen) atoms. The molecule has 0 saturated carbocycles. The number of hydrogen-bond donors (Lipinski definition) is 7. The Labute approximate surface area is 231 Å². The third-order valence-electron chi connectivity index (χ3n) is 7.78. The molecule has 7 rings (SSSR count). The maximum Gasteiger partial charge on any atom is 0.287 e. The van der Waals surface area contributed by atoms with Gasteiger partial charge in [0.25, 0.3) is 11.4 Å². The molecule has 0 bridgehead atoms. The lowest BCUT2D eigenvalue weighted by molar-refractivity contribution is -0.218. The average Bonchev–Trinajstić information content (AvgIpc) is 3.36. The number of rotatable bonds is 2. The van der Waals surface area contributed by atoms with E-state index in [9.17, 15) is 40.5 Å². The largest absolute Gasteiger partial charge is 0.508 e. The fourth-order valence-electron chi connectivity index (χ4n) is 5.90. The highest BCUT2D eigenvalue weighted by molar-refractivity contribution is 6.12. The number of hydrogen-bond acceptors (Lipinski definition) is 11. The monoisotopic (exact) mass is 558 g/mol. The smallest absolute Gasteiger partial charge is 0.287 e. The lowest BCUT2D eigenvalue weighted by Crippen LogP contribution is -2.55. The minimum Gasteiger partial charge on any atom is -0.508 e. The van der Waals surface area contributed by atoms with E-state index in [1.54, 1.807) is 12.1 Å². The second kappa shape index (κ2) is 8.19. The van der Waals surface area contributed by atoms with Gasteiger partial charge in [-0.1, -0.05) is 12.1 Å². The first-order valence-electron chi connectivity index (χ1n) is 12.6. The van der Waals surface area contributed by atoms with Crippen LogP contribution in [0.4, 0.5) is 0 Å². The minimum absolute atomic E-state index is 0.00456. The van der Waals surface area contributed by atoms with Crippen LogP contribution >= 0.6 is 0 Å². The Morgan fingerprint density at radius 1 is 0.756 bits per heavy atom. The number of phenols is 5. The van der Waals surface area contributed by atoms with Crippen molar-refractivity contribution in [2.75, 3.05) is 0 Å². The van der Waals surface area contributed by atoms with Gasteiger partial charge in [0, 0.05) is 35.7 Å². The fourth-order valence-corrected chi connectivity index (χ4v) is 5.90. The predicted molar refractivity (Wildman–Crippen MR) is 138 cm³/mol. The van der Waals surface area contributed by atoms with Crippen LogP contribution in [0.15, 0.2) is 66.7 Å². The second-order valence-corrected chi connectivity index (χ2v) is 10.2. The minimum atomic E-state index is -2.63. The van der Waals surface area contributed by atoms with E-state index in [2.05, 4.69) is 0 Å². The van der Waals surface area contributed by atoms with Crippen LogP contribution in [-0.2, 0) is 17.8 Å². The molecule has 4 atom stereocenters. The van der Waals surface area contributed by atoms with E-state index in [1.165, 1.54) is 42.5 Å². The lowest BCUT2D eigenvalue weighted by Gasteiger charge is -2.37. The molecule has 7 N–H and O–H groups in total. The molecule has 1 spiro atoms. The Morgan fingerprint density at radius 2 is 1.41 bits per heavy atom. The standard InChI is InChI=1S/C30H22O11/c31-15-5-1-13(2-6-15)26-21(36)11-18-19(34)12-23-25(27(18)39-26)29(30(38,41-23)14-3-7-16(32)8-4-14)28(37)24-20(35)9-17(33)10-22(24)40-29/h1-10,12,21,26,31-36,38H,11H2/t21-,26-,29-,30+/m1/s1. The van der Waals surface area contributed by atoms with Gasteiger partial charge < -0.3 is 50.0 Å². The molecule has 0 aliphatic carbocycles. The van der Waals surface area contributed by atoms with Gasteiger partial charge in [-0.15, -0.1) is 0 Å². The van der Waals surface area contributed by atoms with E-state index < -0.39 is 40.9 Å². The van der Waals surface area contributed by atoms with Crippen molar-refractivity contribution in [2.24, 2.45) is 0 Å². The number of phenolic OH excluding ortho intramolecular Hbond substituents is 5. The molecule has 0 saturated heterocycles. The number of ketones is 1. The summed E-state index contributed by atoms with van der Waals surface area (Å²) in [5.74, 6) is -5.55. The topological polar surface area (TPSA) is 186 Å². The van der Waals surface area contributed by atoms with E-state index in [4.69, 9.17) is 14.2 Å². The summed E-state index contributed by atoms with van der Waals surface area (Å²) >= 11 is 0. The third-order valence-corrected chi connectivity index (χ3v) is 7.78. The summed E-state index contributed by atoms with van der Waals surface area (Å²) in [5, 5.41) is 74.6. The fraction of sp³-hybridized carbons (Fsp3) is 0.167. The second-order valence-electron chi connectivity index (χ2n) is 10.2. The number of benzene rings is 4. The lowest BCUT2D eigenvalue weighted by atomic mass is 9.77. The zero-order chi connectivity index (χ0) is 28.8. The summed E-state index contributed by atoms with van der Waals surface area (Å²) in [6.07, 6.45) is -2.30. The van der Waals surface area contributed by atoms with Gasteiger partial charge in [-0.3, -0.25) is 4.79 Å². The van der Waals surface area contributed by atoms with Crippen LogP contribution in [0.1, 0.15) is 38.7 Å². The van der Waals surface area contributed by atoms with Gasteiger partial charge >= 0.3 is 0 Å². The highest BCUT2D eigenvalue weighted by Gasteiger charge is 2.73. The van der Waals surface area contributed by atoms with Gasteiger partial charge in [0.2, 0.25) is 5.78 Å². The quantitative estimate of drug-likeness (QED) is 0.192. The van der Waals surface area contributed by atoms with Crippen LogP contribution in [0.25, 0.3) is 0 Å². The van der Waals surface area contributed by atoms with E-state index >= 15 is 0 Å². The summed E-state index contributed by atoms with van der Waals surface area (Å²) in [7, 11) is 0. The number of aromatic hydroxyl groups is 5. The van der Waals surface area contributed by atoms with Crippen LogP contribution in [0.3, 0.4) is 0 Å². The van der Waals surface area contributed by atoms with Gasteiger partial charge in [-0.25, -0.2) is 0 Å². The maximum absolute atomic E-state index is 14.3. The van der Waals surface area contributed by atoms with Crippen molar-refractivity contribution in [3.05, 3.63) is 94.5 Å². The summed E-state index contributed by atoms with van der Waals surface area (Å²) < 4.78 is 18.5. The van der Waals surface area contributed by atoms with Crippen LogP contribution < -0.4 is 14.2 Å². The molecule has 11 nitrogen and oxygen atoms in total. The number of ether oxygens (including phenoxy) is 3. The van der Waals surface area contributed by atoms with E-state index in [1.807, 2.05) is 0 Å². The van der Waals surface area contributed by atoms with Crippen molar-refractivity contribution in [3.8, 4) is 46.0 Å². The Balaban J connectivity index is 1.50. The zero-order valence-corrected chi connectivity index (χ0v) is 21.0. The maximum atomic E-state index is 14.3. The van der Waals surface area contributed by atoms with Crippen molar-refractivity contribution >= 4 is 5.78 Å². The van der Waals surface area contributed by atoms with Crippen molar-refractivity contribution in [3.63, 3.8) is 0 Å². The molecule has 208 valence electrons. The number of aliphatic hydroxyl groups excluding tert-OH is 1. The van der Waals surface area contributed by atoms with Crippen LogP contribution in [0.2, 0.25) is 0 Å². The normalized spacial score (nSPS) is 25.6. The van der Waals surface area contributed by atoms with Crippen molar-refractivity contribution in [1.29, 1.82) is 0 Å². The van der Waals surface area contributed by atoms with Crippen molar-refractivity contribution < 1.29 is 54.8 Å². The zero-order valence-electron chi connectivity index (χ0n) is 21.0. The highest BCUT2D eigenvalue weighted by atomic mass is 16.7. The summed E-state index contributed by atoms with van der Waals surface area (Å²) in [5.41, 5.74) is -2.34. The Bertz CT molecular complexity index is 1750. The molecule has 0 radical (unpaired) electrons. The third kappa shape index (κ3) is 3.24. The first-order chi connectivity index (χ1) is 19.5. The SMILES string of the molecule is O=C1c2c(O)cc(O)cc2O[C@]12c1c(cc(O)c3c1O[C@H](c1ccc(O)cc1)[C@H](O)C3)O[C@@]2(O)c1ccc(O)cc1. The summed E-state index contributed by atoms with van der Waals surface area (Å²) in [4.78, 5) is 14.3. The summed E-state index contributed by atoms with van der Waals surface area (Å²) in [6.45, 7) is 0. The van der Waals surface area contributed by atoms with Crippen molar-refractivity contribution in [1.82, 2.24) is 0 Å². The molecule has 0 aromatic heterocycles. The first-order valence-corrected chi connectivity index (χ1v) is 12.6. The molecule has 3 aliphatic heterocycles. The molecule has 0 unspecified atom stereocenters. The highest BCUT2D eigenvalue weighted by Crippen LogP contribution is 2.64. The van der Waals surface area contributed by atoms with Crippen LogP contribution in [0.5, 0.6) is 46.0 Å². The van der Waals surface area contributed by atoms with E-state index in [-0.39, 0.29) is 63.2 Å². The molecule has 3 aliphatic rings. The number of fused-ring (bicyclic) bond motifs is 5. The Kier molecular flexibility index (Phi) is 4.97. The number of Topliss-reactive ketones (excluding diaryl/α,β-unsaturated/α-hetero) is 1. The number of aliphatic hydroxyl groups is 2.